The number of benzene rings is 2. The third-order valence-electron chi connectivity index (χ3n) is 5.57. The molecule has 33 heavy (non-hydrogen) atoms. The molecule has 1 aliphatic rings. The van der Waals surface area contributed by atoms with Gasteiger partial charge in [0.2, 0.25) is 0 Å². The lowest BCUT2D eigenvalue weighted by Crippen LogP contribution is -2.37. The third-order valence-corrected chi connectivity index (χ3v) is 7.11. The lowest BCUT2D eigenvalue weighted by Gasteiger charge is -2.22. The monoisotopic (exact) mass is 486 g/mol. The number of fused-ring (bicyclic) bond motifs is 2. The van der Waals surface area contributed by atoms with Crippen molar-refractivity contribution < 1.29 is 23.4 Å². The number of hydrogen-bond acceptors (Lipinski definition) is 7. The van der Waals surface area contributed by atoms with E-state index in [1.165, 1.54) is 11.3 Å². The Bertz CT molecular complexity index is 1310. The van der Waals surface area contributed by atoms with Gasteiger partial charge in [-0.1, -0.05) is 35.1 Å². The van der Waals surface area contributed by atoms with Crippen molar-refractivity contribution in [2.75, 3.05) is 31.8 Å². The molecule has 1 saturated heterocycles. The largest absolute Gasteiger partial charge is 0.494 e. The molecule has 2 aromatic carbocycles. The Hall–Kier alpha value is -2.81. The first kappa shape index (κ1) is 22.0. The summed E-state index contributed by atoms with van der Waals surface area (Å²) >= 11 is 7.77. The van der Waals surface area contributed by atoms with Crippen LogP contribution in [-0.2, 0) is 4.74 Å². The van der Waals surface area contributed by atoms with E-state index < -0.39 is 0 Å². The van der Waals surface area contributed by atoms with Crippen LogP contribution in [0.1, 0.15) is 30.3 Å². The second kappa shape index (κ2) is 9.21. The van der Waals surface area contributed by atoms with Gasteiger partial charge in [0.1, 0.15) is 11.3 Å². The van der Waals surface area contributed by atoms with Crippen molar-refractivity contribution in [3.05, 3.63) is 47.2 Å². The number of carbonyl (C=O) groups excluding carboxylic acids is 1. The summed E-state index contributed by atoms with van der Waals surface area (Å²) in [4.78, 5) is 20.1. The zero-order chi connectivity index (χ0) is 22.9. The first-order valence-corrected chi connectivity index (χ1v) is 12.0. The Balaban J connectivity index is 1.57. The molecule has 4 aromatic rings. The van der Waals surface area contributed by atoms with E-state index in [0.29, 0.717) is 52.5 Å². The average molecular weight is 487 g/mol. The number of para-hydroxylation sites is 1. The molecule has 9 heteroatoms. The maximum Gasteiger partial charge on any atom is 0.295 e. The van der Waals surface area contributed by atoms with Crippen molar-refractivity contribution in [3.8, 4) is 11.5 Å². The molecule has 0 spiro atoms. The van der Waals surface area contributed by atoms with E-state index in [1.54, 1.807) is 30.2 Å². The van der Waals surface area contributed by atoms with Crippen molar-refractivity contribution in [1.29, 1.82) is 0 Å². The maximum atomic E-state index is 13.7. The molecule has 0 aliphatic carbocycles. The van der Waals surface area contributed by atoms with Crippen LogP contribution >= 0.6 is 22.9 Å². The van der Waals surface area contributed by atoms with Crippen LogP contribution in [0.15, 0.2) is 40.8 Å². The molecular formula is C24H23ClN2O5S. The van der Waals surface area contributed by atoms with Crippen LogP contribution in [0.25, 0.3) is 21.2 Å². The van der Waals surface area contributed by atoms with E-state index in [-0.39, 0.29) is 17.8 Å². The molecule has 1 amide bonds. The summed E-state index contributed by atoms with van der Waals surface area (Å²) in [6.07, 6.45) is 1.78. The predicted molar refractivity (Wildman–Crippen MR) is 129 cm³/mol. The predicted octanol–water partition coefficient (Wildman–Crippen LogP) is 5.93. The van der Waals surface area contributed by atoms with E-state index in [0.717, 1.165) is 22.9 Å². The van der Waals surface area contributed by atoms with Gasteiger partial charge in [0, 0.05) is 12.0 Å². The molecule has 1 aliphatic heterocycles. The number of furan rings is 1. The first-order valence-electron chi connectivity index (χ1n) is 10.8. The Morgan fingerprint density at radius 1 is 1.30 bits per heavy atom. The van der Waals surface area contributed by atoms with E-state index in [1.807, 2.05) is 25.1 Å². The highest BCUT2D eigenvalue weighted by Gasteiger charge is 2.30. The Morgan fingerprint density at radius 3 is 2.94 bits per heavy atom. The summed E-state index contributed by atoms with van der Waals surface area (Å²) in [5.41, 5.74) is 1.17. The molecule has 3 heterocycles. The standard InChI is InChI=1S/C24H23ClN2O5S/c1-3-30-18-8-4-6-14-12-19(32-21(14)18)23(28)27(13-15-7-5-11-31-15)24-26-20-17(29-2)10-9-16(25)22(20)33-24/h4,6,8-10,12,15H,3,5,7,11,13H2,1-2H3. The summed E-state index contributed by atoms with van der Waals surface area (Å²) in [7, 11) is 1.58. The van der Waals surface area contributed by atoms with Gasteiger partial charge in [-0.3, -0.25) is 9.69 Å². The van der Waals surface area contributed by atoms with Gasteiger partial charge in [0.15, 0.2) is 22.2 Å². The minimum atomic E-state index is -0.293. The number of ether oxygens (including phenoxy) is 3. The lowest BCUT2D eigenvalue weighted by molar-refractivity contribution is 0.0896. The fourth-order valence-corrected chi connectivity index (χ4v) is 5.27. The maximum absolute atomic E-state index is 13.7. The highest BCUT2D eigenvalue weighted by molar-refractivity contribution is 7.23. The fraction of sp³-hybridized carbons (Fsp3) is 0.333. The summed E-state index contributed by atoms with van der Waals surface area (Å²) in [5.74, 6) is 1.13. The Morgan fingerprint density at radius 2 is 2.18 bits per heavy atom. The molecule has 1 atom stereocenters. The van der Waals surface area contributed by atoms with Gasteiger partial charge < -0.3 is 18.6 Å². The summed E-state index contributed by atoms with van der Waals surface area (Å²) in [6.45, 7) is 3.47. The van der Waals surface area contributed by atoms with Gasteiger partial charge in [0.25, 0.3) is 5.91 Å². The summed E-state index contributed by atoms with van der Waals surface area (Å²) < 4.78 is 23.7. The number of aromatic nitrogens is 1. The molecule has 2 aromatic heterocycles. The number of methoxy groups -OCH3 is 1. The van der Waals surface area contributed by atoms with Crippen LogP contribution in [-0.4, -0.2) is 43.9 Å². The SMILES string of the molecule is CCOc1cccc2cc(C(=O)N(CC3CCCO3)c3nc4c(OC)ccc(Cl)c4s3)oc12. The van der Waals surface area contributed by atoms with Crippen LogP contribution in [0.2, 0.25) is 5.02 Å². The van der Waals surface area contributed by atoms with Gasteiger partial charge in [-0.05, 0) is 44.0 Å². The smallest absolute Gasteiger partial charge is 0.295 e. The number of hydrogen-bond donors (Lipinski definition) is 0. The number of halogens is 1. The van der Waals surface area contributed by atoms with Crippen LogP contribution in [0, 0.1) is 0 Å². The number of amides is 1. The summed E-state index contributed by atoms with van der Waals surface area (Å²) in [6, 6.07) is 10.9. The van der Waals surface area contributed by atoms with Gasteiger partial charge >= 0.3 is 0 Å². The molecule has 7 nitrogen and oxygen atoms in total. The van der Waals surface area contributed by atoms with Crippen molar-refractivity contribution in [3.63, 3.8) is 0 Å². The van der Waals surface area contributed by atoms with Crippen LogP contribution in [0.3, 0.4) is 0 Å². The molecule has 5 rings (SSSR count). The minimum Gasteiger partial charge on any atom is -0.494 e. The molecule has 0 bridgehead atoms. The third kappa shape index (κ3) is 4.14. The van der Waals surface area contributed by atoms with Crippen LogP contribution < -0.4 is 14.4 Å². The van der Waals surface area contributed by atoms with E-state index in [9.17, 15) is 4.79 Å². The zero-order valence-corrected chi connectivity index (χ0v) is 19.9. The minimum absolute atomic E-state index is 0.0679. The highest BCUT2D eigenvalue weighted by Crippen LogP contribution is 2.40. The van der Waals surface area contributed by atoms with Crippen LogP contribution in [0.4, 0.5) is 5.13 Å². The highest BCUT2D eigenvalue weighted by atomic mass is 35.5. The molecule has 172 valence electrons. The summed E-state index contributed by atoms with van der Waals surface area (Å²) in [5, 5.41) is 1.88. The van der Waals surface area contributed by atoms with E-state index in [4.69, 9.17) is 35.2 Å². The molecular weight excluding hydrogens is 464 g/mol. The molecule has 0 radical (unpaired) electrons. The molecule has 0 N–H and O–H groups in total. The number of anilines is 1. The number of rotatable bonds is 7. The Labute approximate surface area is 199 Å². The van der Waals surface area contributed by atoms with Crippen molar-refractivity contribution >= 4 is 55.2 Å². The van der Waals surface area contributed by atoms with Crippen molar-refractivity contribution in [2.45, 2.75) is 25.9 Å². The van der Waals surface area contributed by atoms with E-state index >= 15 is 0 Å². The second-order valence-electron chi connectivity index (χ2n) is 7.69. The van der Waals surface area contributed by atoms with Crippen molar-refractivity contribution in [2.24, 2.45) is 0 Å². The quantitative estimate of drug-likeness (QED) is 0.322. The number of nitrogens with zero attached hydrogens (tertiary/aromatic N) is 2. The zero-order valence-electron chi connectivity index (χ0n) is 18.3. The first-order chi connectivity index (χ1) is 16.1. The van der Waals surface area contributed by atoms with Crippen molar-refractivity contribution in [1.82, 2.24) is 4.98 Å². The topological polar surface area (TPSA) is 74.0 Å². The number of carbonyl (C=O) groups is 1. The van der Waals surface area contributed by atoms with Gasteiger partial charge in [-0.2, -0.15) is 0 Å². The second-order valence-corrected chi connectivity index (χ2v) is 9.08. The van der Waals surface area contributed by atoms with Crippen LogP contribution in [0.5, 0.6) is 11.5 Å². The lowest BCUT2D eigenvalue weighted by atomic mass is 10.2. The average Bonchev–Trinajstić information content (AvgIpc) is 3.57. The Kier molecular flexibility index (Phi) is 6.14. The van der Waals surface area contributed by atoms with Gasteiger partial charge in [-0.15, -0.1) is 0 Å². The van der Waals surface area contributed by atoms with E-state index in [2.05, 4.69) is 0 Å². The number of thiazole rings is 1. The molecule has 1 unspecified atom stereocenters. The molecule has 0 saturated carbocycles. The van der Waals surface area contributed by atoms with Gasteiger partial charge in [0.05, 0.1) is 36.1 Å². The fourth-order valence-electron chi connectivity index (χ4n) is 4.01. The van der Waals surface area contributed by atoms with Gasteiger partial charge in [-0.25, -0.2) is 4.98 Å². The molecule has 1 fully saturated rings. The normalized spacial score (nSPS) is 15.9.